The Bertz CT molecular complexity index is 536. The summed E-state index contributed by atoms with van der Waals surface area (Å²) in [5.74, 6) is 7.08. The van der Waals surface area contributed by atoms with E-state index >= 15 is 0 Å². The molecule has 2 aromatic heterocycles. The SMILES string of the molecule is CC(C)Cn1ncnc1CC(NN)c1ccc(Br)cn1. The number of nitrogens with one attached hydrogen (secondary N) is 1. The largest absolute Gasteiger partial charge is 0.271 e. The number of pyridine rings is 1. The van der Waals surface area contributed by atoms with Crippen LogP contribution in [0.3, 0.4) is 0 Å². The van der Waals surface area contributed by atoms with E-state index in [0.717, 1.165) is 22.5 Å². The number of rotatable bonds is 6. The number of nitrogens with zero attached hydrogens (tertiary/aromatic N) is 4. The van der Waals surface area contributed by atoms with Crippen molar-refractivity contribution in [3.63, 3.8) is 0 Å². The van der Waals surface area contributed by atoms with Gasteiger partial charge in [-0.15, -0.1) is 0 Å². The van der Waals surface area contributed by atoms with Gasteiger partial charge in [-0.3, -0.25) is 16.3 Å². The third-order valence-electron chi connectivity index (χ3n) is 2.93. The summed E-state index contributed by atoms with van der Waals surface area (Å²) >= 11 is 3.38. The van der Waals surface area contributed by atoms with E-state index in [9.17, 15) is 0 Å². The fraction of sp³-hybridized carbons (Fsp3) is 0.462. The Balaban J connectivity index is 2.14. The van der Waals surface area contributed by atoms with Crippen LogP contribution in [0.5, 0.6) is 0 Å². The predicted octanol–water partition coefficient (Wildman–Crippen LogP) is 1.84. The van der Waals surface area contributed by atoms with Crippen molar-refractivity contribution in [1.82, 2.24) is 25.2 Å². The van der Waals surface area contributed by atoms with Crippen molar-refractivity contribution in [1.29, 1.82) is 0 Å². The molecule has 0 spiro atoms. The van der Waals surface area contributed by atoms with Crippen LogP contribution in [0, 0.1) is 5.92 Å². The number of hydrogen-bond donors (Lipinski definition) is 2. The van der Waals surface area contributed by atoms with Gasteiger partial charge in [0.1, 0.15) is 12.2 Å². The molecule has 3 N–H and O–H groups in total. The van der Waals surface area contributed by atoms with Gasteiger partial charge in [-0.2, -0.15) is 5.10 Å². The van der Waals surface area contributed by atoms with Crippen molar-refractivity contribution < 1.29 is 0 Å². The van der Waals surface area contributed by atoms with Gasteiger partial charge in [-0.25, -0.2) is 9.67 Å². The van der Waals surface area contributed by atoms with Gasteiger partial charge in [0, 0.05) is 23.6 Å². The van der Waals surface area contributed by atoms with Crippen LogP contribution in [-0.2, 0) is 13.0 Å². The van der Waals surface area contributed by atoms with Gasteiger partial charge in [0.25, 0.3) is 0 Å². The molecule has 0 aliphatic carbocycles. The van der Waals surface area contributed by atoms with Crippen molar-refractivity contribution >= 4 is 15.9 Å². The van der Waals surface area contributed by atoms with E-state index in [4.69, 9.17) is 5.84 Å². The zero-order valence-electron chi connectivity index (χ0n) is 11.6. The molecular formula is C13H19BrN6. The molecule has 2 aromatic rings. The molecule has 2 rings (SSSR count). The molecule has 0 aromatic carbocycles. The Morgan fingerprint density at radius 3 is 2.75 bits per heavy atom. The lowest BCUT2D eigenvalue weighted by Crippen LogP contribution is -2.31. The minimum atomic E-state index is -0.0850. The molecule has 20 heavy (non-hydrogen) atoms. The van der Waals surface area contributed by atoms with E-state index in [1.54, 1.807) is 12.5 Å². The number of hydrogen-bond acceptors (Lipinski definition) is 5. The van der Waals surface area contributed by atoms with E-state index in [1.807, 2.05) is 16.8 Å². The molecular weight excluding hydrogens is 320 g/mol. The normalized spacial score (nSPS) is 12.8. The van der Waals surface area contributed by atoms with Gasteiger partial charge in [0.15, 0.2) is 0 Å². The zero-order chi connectivity index (χ0) is 14.5. The molecule has 6 nitrogen and oxygen atoms in total. The highest BCUT2D eigenvalue weighted by atomic mass is 79.9. The molecule has 0 fully saturated rings. The number of nitrogens with two attached hydrogens (primary N) is 1. The standard InChI is InChI=1S/C13H19BrN6/c1-9(2)7-20-13(17-8-18-20)5-12(19-15)11-4-3-10(14)6-16-11/h3-4,6,8-9,12,19H,5,7,15H2,1-2H3. The summed E-state index contributed by atoms with van der Waals surface area (Å²) in [7, 11) is 0. The summed E-state index contributed by atoms with van der Waals surface area (Å²) in [5, 5.41) is 4.26. The van der Waals surface area contributed by atoms with Gasteiger partial charge < -0.3 is 0 Å². The van der Waals surface area contributed by atoms with Crippen molar-refractivity contribution in [3.05, 3.63) is 40.6 Å². The summed E-state index contributed by atoms with van der Waals surface area (Å²) in [6.45, 7) is 5.15. The van der Waals surface area contributed by atoms with E-state index in [0.29, 0.717) is 12.3 Å². The van der Waals surface area contributed by atoms with Gasteiger partial charge in [0.2, 0.25) is 0 Å². The average Bonchev–Trinajstić information content (AvgIpc) is 2.83. The highest BCUT2D eigenvalue weighted by Gasteiger charge is 2.16. The minimum absolute atomic E-state index is 0.0850. The van der Waals surface area contributed by atoms with E-state index in [-0.39, 0.29) is 6.04 Å². The van der Waals surface area contributed by atoms with Gasteiger partial charge >= 0.3 is 0 Å². The number of aromatic nitrogens is 4. The van der Waals surface area contributed by atoms with Crippen LogP contribution in [0.2, 0.25) is 0 Å². The smallest absolute Gasteiger partial charge is 0.138 e. The van der Waals surface area contributed by atoms with Gasteiger partial charge in [-0.1, -0.05) is 13.8 Å². The Labute approximate surface area is 126 Å². The molecule has 0 saturated heterocycles. The third kappa shape index (κ3) is 3.84. The van der Waals surface area contributed by atoms with Crippen LogP contribution in [0.15, 0.2) is 29.1 Å². The Morgan fingerprint density at radius 1 is 1.35 bits per heavy atom. The first kappa shape index (κ1) is 15.1. The number of hydrazine groups is 1. The minimum Gasteiger partial charge on any atom is -0.271 e. The van der Waals surface area contributed by atoms with Gasteiger partial charge in [-0.05, 0) is 34.0 Å². The summed E-state index contributed by atoms with van der Waals surface area (Å²) < 4.78 is 2.87. The van der Waals surface area contributed by atoms with Crippen LogP contribution in [0.1, 0.15) is 31.4 Å². The van der Waals surface area contributed by atoms with Crippen LogP contribution in [0.4, 0.5) is 0 Å². The second kappa shape index (κ2) is 6.92. The molecule has 0 aliphatic rings. The lowest BCUT2D eigenvalue weighted by atomic mass is 10.1. The molecule has 0 saturated carbocycles. The van der Waals surface area contributed by atoms with Crippen molar-refractivity contribution in [2.24, 2.45) is 11.8 Å². The first-order valence-electron chi connectivity index (χ1n) is 6.54. The lowest BCUT2D eigenvalue weighted by molar-refractivity contribution is 0.444. The topological polar surface area (TPSA) is 81.7 Å². The molecule has 0 bridgehead atoms. The van der Waals surface area contributed by atoms with Crippen molar-refractivity contribution in [3.8, 4) is 0 Å². The Morgan fingerprint density at radius 2 is 2.15 bits per heavy atom. The maximum atomic E-state index is 5.65. The van der Waals surface area contributed by atoms with E-state index in [1.165, 1.54) is 0 Å². The van der Waals surface area contributed by atoms with Crippen molar-refractivity contribution in [2.75, 3.05) is 0 Å². The zero-order valence-corrected chi connectivity index (χ0v) is 13.2. The van der Waals surface area contributed by atoms with Crippen LogP contribution in [0.25, 0.3) is 0 Å². The summed E-state index contributed by atoms with van der Waals surface area (Å²) in [4.78, 5) is 8.69. The highest BCUT2D eigenvalue weighted by Crippen LogP contribution is 2.17. The van der Waals surface area contributed by atoms with E-state index in [2.05, 4.69) is 50.3 Å². The van der Waals surface area contributed by atoms with E-state index < -0.39 is 0 Å². The maximum absolute atomic E-state index is 5.65. The first-order chi connectivity index (χ1) is 9.60. The predicted molar refractivity (Wildman–Crippen MR) is 80.6 cm³/mol. The van der Waals surface area contributed by atoms with Crippen LogP contribution >= 0.6 is 15.9 Å². The highest BCUT2D eigenvalue weighted by molar-refractivity contribution is 9.10. The van der Waals surface area contributed by atoms with Crippen LogP contribution in [-0.4, -0.2) is 19.7 Å². The molecule has 0 amide bonds. The fourth-order valence-corrected chi connectivity index (χ4v) is 2.20. The van der Waals surface area contributed by atoms with Crippen molar-refractivity contribution in [2.45, 2.75) is 32.9 Å². The average molecular weight is 339 g/mol. The molecule has 2 heterocycles. The number of halogens is 1. The second-order valence-electron chi connectivity index (χ2n) is 5.08. The molecule has 1 unspecified atom stereocenters. The molecule has 7 heteroatoms. The first-order valence-corrected chi connectivity index (χ1v) is 7.33. The van der Waals surface area contributed by atoms with Crippen LogP contribution < -0.4 is 11.3 Å². The Hall–Kier alpha value is -1.31. The summed E-state index contributed by atoms with van der Waals surface area (Å²) in [6, 6.07) is 3.81. The summed E-state index contributed by atoms with van der Waals surface area (Å²) in [6.07, 6.45) is 4.00. The monoisotopic (exact) mass is 338 g/mol. The Kier molecular flexibility index (Phi) is 5.22. The van der Waals surface area contributed by atoms with Gasteiger partial charge in [0.05, 0.1) is 11.7 Å². The molecule has 0 radical (unpaired) electrons. The molecule has 0 aliphatic heterocycles. The summed E-state index contributed by atoms with van der Waals surface area (Å²) in [5.41, 5.74) is 3.68. The quantitative estimate of drug-likeness (QED) is 0.620. The second-order valence-corrected chi connectivity index (χ2v) is 5.99. The fourth-order valence-electron chi connectivity index (χ4n) is 1.97. The molecule has 1 atom stereocenters. The maximum Gasteiger partial charge on any atom is 0.138 e. The lowest BCUT2D eigenvalue weighted by Gasteiger charge is -2.16. The molecule has 108 valence electrons. The third-order valence-corrected chi connectivity index (χ3v) is 3.40.